The summed E-state index contributed by atoms with van der Waals surface area (Å²) in [7, 11) is 0. The van der Waals surface area contributed by atoms with Crippen LogP contribution in [-0.2, 0) is 0 Å². The second kappa shape index (κ2) is 5.71. The number of aromatic nitrogens is 1. The summed E-state index contributed by atoms with van der Waals surface area (Å²) in [5, 5.41) is 0.816. The van der Waals surface area contributed by atoms with Crippen LogP contribution in [0.1, 0.15) is 10.4 Å². The Morgan fingerprint density at radius 1 is 1.11 bits per heavy atom. The topological polar surface area (TPSA) is 54.0 Å². The standard InChI is InChI=1S/C12H9Cl2N3O/c13-9-5-8(6-10(14)7-9)12(18)17-16-11-3-1-2-4-15-11/h1-7H,(H,15,16)(H,17,18). The van der Waals surface area contributed by atoms with Crippen LogP contribution in [-0.4, -0.2) is 10.9 Å². The van der Waals surface area contributed by atoms with Crippen molar-refractivity contribution in [3.8, 4) is 0 Å². The van der Waals surface area contributed by atoms with Crippen LogP contribution < -0.4 is 10.9 Å². The molecule has 0 radical (unpaired) electrons. The van der Waals surface area contributed by atoms with Crippen LogP contribution in [0.2, 0.25) is 10.0 Å². The predicted molar refractivity (Wildman–Crippen MR) is 71.8 cm³/mol. The molecule has 1 amide bonds. The summed E-state index contributed by atoms with van der Waals surface area (Å²) in [6.45, 7) is 0. The molecule has 0 aliphatic carbocycles. The van der Waals surface area contributed by atoms with E-state index < -0.39 is 0 Å². The second-order valence-electron chi connectivity index (χ2n) is 3.45. The van der Waals surface area contributed by atoms with E-state index in [9.17, 15) is 4.79 Å². The average molecular weight is 282 g/mol. The van der Waals surface area contributed by atoms with Crippen molar-refractivity contribution in [1.29, 1.82) is 0 Å². The SMILES string of the molecule is O=C(NNc1ccccn1)c1cc(Cl)cc(Cl)c1. The van der Waals surface area contributed by atoms with E-state index in [4.69, 9.17) is 23.2 Å². The zero-order chi connectivity index (χ0) is 13.0. The van der Waals surface area contributed by atoms with Gasteiger partial charge in [0.25, 0.3) is 5.91 Å². The number of rotatable bonds is 3. The van der Waals surface area contributed by atoms with Gasteiger partial charge in [0.2, 0.25) is 0 Å². The van der Waals surface area contributed by atoms with Crippen molar-refractivity contribution in [2.24, 2.45) is 0 Å². The molecule has 0 saturated heterocycles. The largest absolute Gasteiger partial charge is 0.282 e. The molecule has 4 nitrogen and oxygen atoms in total. The third kappa shape index (κ3) is 3.35. The van der Waals surface area contributed by atoms with Crippen molar-refractivity contribution in [1.82, 2.24) is 10.4 Å². The number of pyridine rings is 1. The fraction of sp³-hybridized carbons (Fsp3) is 0. The smallest absolute Gasteiger partial charge is 0.269 e. The average Bonchev–Trinajstić information content (AvgIpc) is 2.36. The first kappa shape index (κ1) is 12.7. The molecule has 92 valence electrons. The molecule has 2 N–H and O–H groups in total. The van der Waals surface area contributed by atoms with E-state index in [-0.39, 0.29) is 5.91 Å². The van der Waals surface area contributed by atoms with Crippen LogP contribution in [0.15, 0.2) is 42.6 Å². The van der Waals surface area contributed by atoms with Crippen molar-refractivity contribution in [2.45, 2.75) is 0 Å². The van der Waals surface area contributed by atoms with Gasteiger partial charge in [0.15, 0.2) is 0 Å². The van der Waals surface area contributed by atoms with Crippen LogP contribution in [0.4, 0.5) is 5.82 Å². The summed E-state index contributed by atoms with van der Waals surface area (Å²) in [6.07, 6.45) is 1.62. The van der Waals surface area contributed by atoms with Gasteiger partial charge >= 0.3 is 0 Å². The highest BCUT2D eigenvalue weighted by Crippen LogP contribution is 2.18. The number of benzene rings is 1. The van der Waals surface area contributed by atoms with Gasteiger partial charge in [0.05, 0.1) is 0 Å². The summed E-state index contributed by atoms with van der Waals surface area (Å²) in [4.78, 5) is 15.8. The number of anilines is 1. The van der Waals surface area contributed by atoms with Crippen molar-refractivity contribution in [3.05, 3.63) is 58.2 Å². The highest BCUT2D eigenvalue weighted by Gasteiger charge is 2.07. The van der Waals surface area contributed by atoms with Crippen LogP contribution in [0.25, 0.3) is 0 Å². The van der Waals surface area contributed by atoms with Crippen LogP contribution >= 0.6 is 23.2 Å². The molecule has 0 aliphatic heterocycles. The number of hydrogen-bond donors (Lipinski definition) is 2. The van der Waals surface area contributed by atoms with Gasteiger partial charge in [-0.05, 0) is 30.3 Å². The second-order valence-corrected chi connectivity index (χ2v) is 4.33. The van der Waals surface area contributed by atoms with E-state index >= 15 is 0 Å². The van der Waals surface area contributed by atoms with Crippen LogP contribution in [0.5, 0.6) is 0 Å². The zero-order valence-electron chi connectivity index (χ0n) is 9.15. The Morgan fingerprint density at radius 3 is 2.44 bits per heavy atom. The van der Waals surface area contributed by atoms with E-state index in [1.165, 1.54) is 12.1 Å². The van der Waals surface area contributed by atoms with E-state index in [1.54, 1.807) is 30.5 Å². The molecule has 0 atom stereocenters. The predicted octanol–water partition coefficient (Wildman–Crippen LogP) is 3.15. The van der Waals surface area contributed by atoms with Crippen LogP contribution in [0.3, 0.4) is 0 Å². The number of amides is 1. The Kier molecular flexibility index (Phi) is 4.02. The Balaban J connectivity index is 2.04. The summed E-state index contributed by atoms with van der Waals surface area (Å²) >= 11 is 11.6. The van der Waals surface area contributed by atoms with Crippen molar-refractivity contribution < 1.29 is 4.79 Å². The van der Waals surface area contributed by atoms with E-state index in [0.717, 1.165) is 0 Å². The lowest BCUT2D eigenvalue weighted by atomic mass is 10.2. The molecule has 0 bridgehead atoms. The Morgan fingerprint density at radius 2 is 1.83 bits per heavy atom. The van der Waals surface area contributed by atoms with Gasteiger partial charge in [-0.15, -0.1) is 0 Å². The van der Waals surface area contributed by atoms with E-state index in [0.29, 0.717) is 21.4 Å². The van der Waals surface area contributed by atoms with Gasteiger partial charge in [-0.25, -0.2) is 4.98 Å². The Labute approximate surface area is 114 Å². The number of hydrazine groups is 1. The lowest BCUT2D eigenvalue weighted by Gasteiger charge is -2.07. The van der Waals surface area contributed by atoms with Gasteiger partial charge < -0.3 is 0 Å². The van der Waals surface area contributed by atoms with E-state index in [2.05, 4.69) is 15.8 Å². The van der Waals surface area contributed by atoms with E-state index in [1.807, 2.05) is 0 Å². The van der Waals surface area contributed by atoms with Crippen LogP contribution in [0, 0.1) is 0 Å². The number of nitrogens with one attached hydrogen (secondary N) is 2. The molecule has 0 aliphatic rings. The summed E-state index contributed by atoms with van der Waals surface area (Å²) in [5.74, 6) is 0.198. The monoisotopic (exact) mass is 281 g/mol. The number of carbonyl (C=O) groups is 1. The fourth-order valence-corrected chi connectivity index (χ4v) is 1.84. The third-order valence-electron chi connectivity index (χ3n) is 2.09. The molecule has 2 rings (SSSR count). The number of halogens is 2. The minimum absolute atomic E-state index is 0.343. The molecular formula is C12H9Cl2N3O. The molecule has 0 spiro atoms. The van der Waals surface area contributed by atoms with Gasteiger partial charge in [0, 0.05) is 21.8 Å². The lowest BCUT2D eigenvalue weighted by Crippen LogP contribution is -2.29. The maximum atomic E-state index is 11.8. The third-order valence-corrected chi connectivity index (χ3v) is 2.53. The van der Waals surface area contributed by atoms with Crippen molar-refractivity contribution in [2.75, 3.05) is 5.43 Å². The molecule has 0 unspecified atom stereocenters. The van der Waals surface area contributed by atoms with Gasteiger partial charge in [-0.3, -0.25) is 15.6 Å². The molecule has 0 saturated carbocycles. The normalized spacial score (nSPS) is 9.89. The molecular weight excluding hydrogens is 273 g/mol. The van der Waals surface area contributed by atoms with Crippen molar-refractivity contribution >= 4 is 34.9 Å². The molecule has 6 heteroatoms. The molecule has 0 fully saturated rings. The maximum Gasteiger partial charge on any atom is 0.269 e. The quantitative estimate of drug-likeness (QED) is 0.850. The molecule has 2 aromatic rings. The first-order valence-electron chi connectivity index (χ1n) is 5.08. The maximum absolute atomic E-state index is 11.8. The van der Waals surface area contributed by atoms with Gasteiger partial charge in [0.1, 0.15) is 5.82 Å². The number of nitrogens with zero attached hydrogens (tertiary/aromatic N) is 1. The van der Waals surface area contributed by atoms with Crippen molar-refractivity contribution in [3.63, 3.8) is 0 Å². The lowest BCUT2D eigenvalue weighted by molar-refractivity contribution is 0.0962. The summed E-state index contributed by atoms with van der Waals surface area (Å²) in [5.41, 5.74) is 5.56. The molecule has 1 aromatic heterocycles. The first-order chi connectivity index (χ1) is 8.65. The summed E-state index contributed by atoms with van der Waals surface area (Å²) < 4.78 is 0. The number of carbonyl (C=O) groups excluding carboxylic acids is 1. The fourth-order valence-electron chi connectivity index (χ4n) is 1.31. The molecule has 1 aromatic carbocycles. The highest BCUT2D eigenvalue weighted by atomic mass is 35.5. The van der Waals surface area contributed by atoms with Gasteiger partial charge in [-0.2, -0.15) is 0 Å². The molecule has 1 heterocycles. The number of hydrogen-bond acceptors (Lipinski definition) is 3. The first-order valence-corrected chi connectivity index (χ1v) is 5.84. The minimum atomic E-state index is -0.343. The Hall–Kier alpha value is -1.78. The minimum Gasteiger partial charge on any atom is -0.282 e. The zero-order valence-corrected chi connectivity index (χ0v) is 10.7. The Bertz CT molecular complexity index is 540. The summed E-state index contributed by atoms with van der Waals surface area (Å²) in [6, 6.07) is 9.94. The molecule has 18 heavy (non-hydrogen) atoms. The highest BCUT2D eigenvalue weighted by molar-refractivity contribution is 6.35. The van der Waals surface area contributed by atoms with Gasteiger partial charge in [-0.1, -0.05) is 29.3 Å².